The maximum absolute atomic E-state index is 6.23. The number of nitrogens with zero attached hydrogens (tertiary/aromatic N) is 2. The Labute approximate surface area is 151 Å². The van der Waals surface area contributed by atoms with Crippen molar-refractivity contribution in [1.82, 2.24) is 9.88 Å². The average Bonchev–Trinajstić information content (AvgIpc) is 3.05. The Bertz CT molecular complexity index is 818. The first kappa shape index (κ1) is 17.0. The first-order chi connectivity index (χ1) is 11.7. The lowest BCUT2D eigenvalue weighted by Crippen LogP contribution is -2.17. The summed E-state index contributed by atoms with van der Waals surface area (Å²) in [5.41, 5.74) is 3.27. The van der Waals surface area contributed by atoms with Crippen molar-refractivity contribution < 1.29 is 4.74 Å². The van der Waals surface area contributed by atoms with Crippen molar-refractivity contribution in [3.05, 3.63) is 70.2 Å². The minimum Gasteiger partial charge on any atom is -0.497 e. The van der Waals surface area contributed by atoms with Gasteiger partial charge in [-0.05, 0) is 30.8 Å². The molecule has 1 heterocycles. The molecule has 1 aromatic heterocycles. The number of hydrogen-bond donors (Lipinski definition) is 0. The van der Waals surface area contributed by atoms with E-state index in [0.29, 0.717) is 0 Å². The zero-order valence-corrected chi connectivity index (χ0v) is 15.3. The number of aromatic nitrogens is 1. The molecule has 0 amide bonds. The number of ether oxygens (including phenoxy) is 1. The van der Waals surface area contributed by atoms with Crippen molar-refractivity contribution in [1.29, 1.82) is 0 Å². The summed E-state index contributed by atoms with van der Waals surface area (Å²) in [7, 11) is 3.75. The number of halogens is 1. The zero-order valence-electron chi connectivity index (χ0n) is 13.7. The smallest absolute Gasteiger partial charge is 0.123 e. The SMILES string of the molecule is COc1cccc(-c2nc(CN(C)Cc3ccccc3Cl)cs2)c1. The second-order valence-corrected chi connectivity index (χ2v) is 6.90. The summed E-state index contributed by atoms with van der Waals surface area (Å²) in [6, 6.07) is 15.9. The number of thiazole rings is 1. The number of rotatable bonds is 6. The first-order valence-corrected chi connectivity index (χ1v) is 8.92. The predicted octanol–water partition coefficient (Wildman–Crippen LogP) is 5.10. The Morgan fingerprint density at radius 1 is 1.12 bits per heavy atom. The molecule has 0 aliphatic heterocycles. The highest BCUT2D eigenvalue weighted by Gasteiger charge is 2.09. The summed E-state index contributed by atoms with van der Waals surface area (Å²) in [6.45, 7) is 1.58. The normalized spacial score (nSPS) is 11.0. The largest absolute Gasteiger partial charge is 0.497 e. The molecule has 5 heteroatoms. The summed E-state index contributed by atoms with van der Waals surface area (Å²) in [5.74, 6) is 0.847. The van der Waals surface area contributed by atoms with Crippen LogP contribution in [0.5, 0.6) is 5.75 Å². The van der Waals surface area contributed by atoms with Crippen LogP contribution < -0.4 is 4.74 Å². The van der Waals surface area contributed by atoms with Crippen molar-refractivity contribution in [3.8, 4) is 16.3 Å². The quantitative estimate of drug-likeness (QED) is 0.612. The van der Waals surface area contributed by atoms with Crippen molar-refractivity contribution >= 4 is 22.9 Å². The lowest BCUT2D eigenvalue weighted by Gasteiger charge is -2.16. The van der Waals surface area contributed by atoms with E-state index in [9.17, 15) is 0 Å². The molecule has 0 spiro atoms. The van der Waals surface area contributed by atoms with Crippen LogP contribution in [0.1, 0.15) is 11.3 Å². The number of benzene rings is 2. The molecule has 0 fully saturated rings. The Kier molecular flexibility index (Phi) is 5.51. The summed E-state index contributed by atoms with van der Waals surface area (Å²) >= 11 is 7.89. The average molecular weight is 359 g/mol. The zero-order chi connectivity index (χ0) is 16.9. The van der Waals surface area contributed by atoms with Crippen molar-refractivity contribution in [2.45, 2.75) is 13.1 Å². The van der Waals surface area contributed by atoms with Crippen molar-refractivity contribution in [3.63, 3.8) is 0 Å². The number of methoxy groups -OCH3 is 1. The lowest BCUT2D eigenvalue weighted by atomic mass is 10.2. The van der Waals surface area contributed by atoms with Crippen molar-refractivity contribution in [2.24, 2.45) is 0 Å². The van der Waals surface area contributed by atoms with Gasteiger partial charge in [-0.2, -0.15) is 0 Å². The van der Waals surface area contributed by atoms with Crippen LogP contribution in [0.4, 0.5) is 0 Å². The van der Waals surface area contributed by atoms with Gasteiger partial charge in [0.15, 0.2) is 0 Å². The summed E-state index contributed by atoms with van der Waals surface area (Å²) in [4.78, 5) is 6.96. The summed E-state index contributed by atoms with van der Waals surface area (Å²) in [6.07, 6.45) is 0. The van der Waals surface area contributed by atoms with E-state index < -0.39 is 0 Å². The first-order valence-electron chi connectivity index (χ1n) is 7.66. The molecule has 3 nitrogen and oxygen atoms in total. The molecule has 3 rings (SSSR count). The molecule has 124 valence electrons. The maximum atomic E-state index is 6.23. The molecule has 0 radical (unpaired) electrons. The fourth-order valence-corrected chi connectivity index (χ4v) is 3.52. The summed E-state index contributed by atoms with van der Waals surface area (Å²) in [5, 5.41) is 3.92. The Morgan fingerprint density at radius 3 is 2.75 bits per heavy atom. The van der Waals surface area contributed by atoms with Crippen LogP contribution in [0, 0.1) is 0 Å². The van der Waals surface area contributed by atoms with Gasteiger partial charge in [-0.3, -0.25) is 4.90 Å². The molecule has 0 bridgehead atoms. The van der Waals surface area contributed by atoms with Crippen LogP contribution in [0.2, 0.25) is 5.02 Å². The van der Waals surface area contributed by atoms with E-state index in [1.807, 2.05) is 36.4 Å². The number of hydrogen-bond acceptors (Lipinski definition) is 4. The van der Waals surface area contributed by atoms with E-state index in [-0.39, 0.29) is 0 Å². The van der Waals surface area contributed by atoms with Gasteiger partial charge < -0.3 is 4.74 Å². The second kappa shape index (κ2) is 7.79. The van der Waals surface area contributed by atoms with E-state index in [1.165, 1.54) is 0 Å². The Balaban J connectivity index is 1.68. The van der Waals surface area contributed by atoms with E-state index in [0.717, 1.165) is 45.7 Å². The van der Waals surface area contributed by atoms with Gasteiger partial charge >= 0.3 is 0 Å². The van der Waals surface area contributed by atoms with E-state index >= 15 is 0 Å². The van der Waals surface area contributed by atoms with E-state index in [4.69, 9.17) is 21.3 Å². The van der Waals surface area contributed by atoms with Crippen LogP contribution in [-0.4, -0.2) is 24.0 Å². The van der Waals surface area contributed by atoms with Gasteiger partial charge in [0.2, 0.25) is 0 Å². The van der Waals surface area contributed by atoms with Crippen LogP contribution >= 0.6 is 22.9 Å². The summed E-state index contributed by atoms with van der Waals surface area (Å²) < 4.78 is 5.28. The molecule has 0 unspecified atom stereocenters. The van der Waals surface area contributed by atoms with Crippen LogP contribution in [-0.2, 0) is 13.1 Å². The second-order valence-electron chi connectivity index (χ2n) is 5.64. The third-order valence-electron chi connectivity index (χ3n) is 3.70. The topological polar surface area (TPSA) is 25.4 Å². The Morgan fingerprint density at radius 2 is 1.96 bits per heavy atom. The van der Waals surface area contributed by atoms with Crippen LogP contribution in [0.3, 0.4) is 0 Å². The van der Waals surface area contributed by atoms with Crippen LogP contribution in [0.15, 0.2) is 53.9 Å². The highest BCUT2D eigenvalue weighted by Crippen LogP contribution is 2.27. The Hall–Kier alpha value is -1.88. The molecular weight excluding hydrogens is 340 g/mol. The molecule has 2 aromatic carbocycles. The fraction of sp³-hybridized carbons (Fsp3) is 0.211. The van der Waals surface area contributed by atoms with Gasteiger partial charge in [0.25, 0.3) is 0 Å². The van der Waals surface area contributed by atoms with Gasteiger partial charge in [0.05, 0.1) is 12.8 Å². The molecule has 24 heavy (non-hydrogen) atoms. The minimum atomic E-state index is 0.783. The molecule has 0 atom stereocenters. The molecule has 0 N–H and O–H groups in total. The predicted molar refractivity (Wildman–Crippen MR) is 101 cm³/mol. The molecular formula is C19H19ClN2OS. The van der Waals surface area contributed by atoms with Crippen molar-refractivity contribution in [2.75, 3.05) is 14.2 Å². The third kappa shape index (κ3) is 4.15. The van der Waals surface area contributed by atoms with Gasteiger partial charge in [0, 0.05) is 29.1 Å². The standard InChI is InChI=1S/C19H19ClN2OS/c1-22(11-15-6-3-4-9-18(15)20)12-16-13-24-19(21-16)14-7-5-8-17(10-14)23-2/h3-10,13H,11-12H2,1-2H3. The molecule has 0 saturated carbocycles. The molecule has 0 saturated heterocycles. The van der Waals surface area contributed by atoms with Gasteiger partial charge in [0.1, 0.15) is 10.8 Å². The van der Waals surface area contributed by atoms with Gasteiger partial charge in [-0.15, -0.1) is 11.3 Å². The molecule has 3 aromatic rings. The lowest BCUT2D eigenvalue weighted by molar-refractivity contribution is 0.316. The highest BCUT2D eigenvalue weighted by molar-refractivity contribution is 7.13. The van der Waals surface area contributed by atoms with E-state index in [1.54, 1.807) is 18.4 Å². The fourth-order valence-electron chi connectivity index (χ4n) is 2.52. The van der Waals surface area contributed by atoms with E-state index in [2.05, 4.69) is 29.5 Å². The molecule has 0 aliphatic rings. The minimum absolute atomic E-state index is 0.783. The third-order valence-corrected chi connectivity index (χ3v) is 5.01. The molecule has 0 aliphatic carbocycles. The highest BCUT2D eigenvalue weighted by atomic mass is 35.5. The monoisotopic (exact) mass is 358 g/mol. The van der Waals surface area contributed by atoms with Gasteiger partial charge in [-0.1, -0.05) is 41.9 Å². The van der Waals surface area contributed by atoms with Gasteiger partial charge in [-0.25, -0.2) is 4.98 Å². The van der Waals surface area contributed by atoms with Crippen LogP contribution in [0.25, 0.3) is 10.6 Å². The maximum Gasteiger partial charge on any atom is 0.123 e.